The molecular formula is C32H42F4N8O3S. The van der Waals surface area contributed by atoms with E-state index in [1.807, 2.05) is 20.8 Å². The summed E-state index contributed by atoms with van der Waals surface area (Å²) < 4.78 is 66.5. The highest BCUT2D eigenvalue weighted by atomic mass is 32.2. The first-order valence-electron chi connectivity index (χ1n) is 15.7. The number of amides is 1. The molecule has 2 aliphatic heterocycles. The van der Waals surface area contributed by atoms with Gasteiger partial charge >= 0.3 is 12.3 Å². The summed E-state index contributed by atoms with van der Waals surface area (Å²) >= 11 is 1.29. The average molecular weight is 695 g/mol. The van der Waals surface area contributed by atoms with Gasteiger partial charge < -0.3 is 25.0 Å². The van der Waals surface area contributed by atoms with Crippen LogP contribution >= 0.6 is 11.9 Å². The zero-order valence-corrected chi connectivity index (χ0v) is 28.5. The Hall–Kier alpha value is -3.47. The van der Waals surface area contributed by atoms with Gasteiger partial charge in [0.05, 0.1) is 29.7 Å². The van der Waals surface area contributed by atoms with Gasteiger partial charge in [-0.3, -0.25) is 9.40 Å². The van der Waals surface area contributed by atoms with Crippen molar-refractivity contribution in [3.05, 3.63) is 48.2 Å². The largest absolute Gasteiger partial charge is 0.444 e. The number of ether oxygens (including phenoxy) is 1. The summed E-state index contributed by atoms with van der Waals surface area (Å²) in [6, 6.07) is 4.49. The molecule has 0 unspecified atom stereocenters. The number of carbonyl (C=O) groups excluding carboxylic acids is 1. The molecule has 11 nitrogen and oxygen atoms in total. The molecule has 0 bridgehead atoms. The fraction of sp³-hybridized carbons (Fsp3) is 0.562. The van der Waals surface area contributed by atoms with E-state index < -0.39 is 34.5 Å². The van der Waals surface area contributed by atoms with Gasteiger partial charge in [-0.05, 0) is 90.7 Å². The van der Waals surface area contributed by atoms with Crippen LogP contribution in [0.2, 0.25) is 0 Å². The standard InChI is InChI=1S/C32H42F4N8O3S/c1-29(2,3)47-28(45)43-19-31(20-43)8-11-42(12-9-31)13-10-39-48-22-6-7-25(24(33)14-22)40-27-37-16-23(32(34,35)36)26(41-27)21-15-38-44(17-21)18-30(4,5)46/h6-7,14-17,39,46H,8-13,18-20H2,1-5H3,(H,37,40,41). The second-order valence-electron chi connectivity index (χ2n) is 14.1. The van der Waals surface area contributed by atoms with Crippen LogP contribution in [0.4, 0.5) is 34.0 Å². The van der Waals surface area contributed by atoms with Crippen LogP contribution in [0.15, 0.2) is 41.7 Å². The van der Waals surface area contributed by atoms with Crippen molar-refractivity contribution in [2.45, 2.75) is 76.3 Å². The van der Waals surface area contributed by atoms with Crippen molar-refractivity contribution < 1.29 is 32.2 Å². The molecule has 16 heteroatoms. The first-order chi connectivity index (χ1) is 22.4. The molecule has 2 saturated heterocycles. The van der Waals surface area contributed by atoms with Crippen LogP contribution in [0.25, 0.3) is 11.3 Å². The Balaban J connectivity index is 1.10. The lowest BCUT2D eigenvalue weighted by Crippen LogP contribution is -2.62. The van der Waals surface area contributed by atoms with Crippen molar-refractivity contribution in [3.63, 3.8) is 0 Å². The van der Waals surface area contributed by atoms with E-state index in [0.717, 1.165) is 45.6 Å². The third-order valence-corrected chi connectivity index (χ3v) is 8.92. The Morgan fingerprint density at radius 1 is 1.10 bits per heavy atom. The summed E-state index contributed by atoms with van der Waals surface area (Å²) in [6.07, 6.45) is 0.297. The Labute approximate surface area is 281 Å². The number of alkyl halides is 3. The topological polar surface area (TPSA) is 121 Å². The SMILES string of the molecule is CC(C)(O)Cn1cc(-c2nc(Nc3ccc(SNCCN4CCC5(CC4)CN(C(=O)OC(C)(C)C)C5)cc3F)ncc2C(F)(F)F)cn1. The van der Waals surface area contributed by atoms with Crippen LogP contribution in [0.5, 0.6) is 0 Å². The molecule has 0 aliphatic carbocycles. The van der Waals surface area contributed by atoms with Crippen molar-refractivity contribution in [2.75, 3.05) is 44.6 Å². The maximum Gasteiger partial charge on any atom is 0.419 e. The van der Waals surface area contributed by atoms with Crippen LogP contribution in [0, 0.1) is 11.2 Å². The van der Waals surface area contributed by atoms with Crippen LogP contribution in [-0.2, 0) is 17.5 Å². The lowest BCUT2D eigenvalue weighted by atomic mass is 9.72. The average Bonchev–Trinajstić information content (AvgIpc) is 3.41. The molecular weight excluding hydrogens is 652 g/mol. The molecule has 0 saturated carbocycles. The molecule has 5 rings (SSSR count). The lowest BCUT2D eigenvalue weighted by Gasteiger charge is -2.53. The number of halogens is 4. The van der Waals surface area contributed by atoms with Gasteiger partial charge in [0, 0.05) is 54.4 Å². The minimum atomic E-state index is -4.73. The van der Waals surface area contributed by atoms with E-state index in [9.17, 15) is 23.1 Å². The fourth-order valence-corrected chi connectivity index (χ4v) is 6.40. The molecule has 0 atom stereocenters. The highest BCUT2D eigenvalue weighted by Crippen LogP contribution is 2.41. The zero-order chi connectivity index (χ0) is 34.9. The summed E-state index contributed by atoms with van der Waals surface area (Å²) in [7, 11) is 0. The van der Waals surface area contributed by atoms with Crippen molar-refractivity contribution in [2.24, 2.45) is 5.41 Å². The second-order valence-corrected chi connectivity index (χ2v) is 15.1. The first-order valence-corrected chi connectivity index (χ1v) is 16.6. The molecule has 262 valence electrons. The smallest absolute Gasteiger partial charge is 0.419 e. The third-order valence-electron chi connectivity index (χ3n) is 8.08. The molecule has 0 radical (unpaired) electrons. The van der Waals surface area contributed by atoms with Gasteiger partial charge in [-0.1, -0.05) is 0 Å². The third kappa shape index (κ3) is 9.36. The number of rotatable bonds is 10. The van der Waals surface area contributed by atoms with E-state index in [1.165, 1.54) is 41.2 Å². The first kappa shape index (κ1) is 35.8. The van der Waals surface area contributed by atoms with Crippen molar-refractivity contribution >= 4 is 29.7 Å². The van der Waals surface area contributed by atoms with E-state index in [0.29, 0.717) is 17.6 Å². The van der Waals surface area contributed by atoms with E-state index in [2.05, 4.69) is 30.0 Å². The number of carbonyl (C=O) groups is 1. The summed E-state index contributed by atoms with van der Waals surface area (Å²) in [5, 5.41) is 16.8. The number of nitrogens with one attached hydrogen (secondary N) is 2. The van der Waals surface area contributed by atoms with Gasteiger partial charge in [-0.2, -0.15) is 18.3 Å². The van der Waals surface area contributed by atoms with Crippen molar-refractivity contribution in [3.8, 4) is 11.3 Å². The lowest BCUT2D eigenvalue weighted by molar-refractivity contribution is -0.137. The normalized spacial score (nSPS) is 17.0. The predicted octanol–water partition coefficient (Wildman–Crippen LogP) is 5.94. The number of benzene rings is 1. The minimum absolute atomic E-state index is 0.00579. The van der Waals surface area contributed by atoms with E-state index in [4.69, 9.17) is 4.74 Å². The second kappa shape index (κ2) is 13.8. The van der Waals surface area contributed by atoms with Crippen LogP contribution in [-0.4, -0.2) is 91.2 Å². The molecule has 2 fully saturated rings. The quantitative estimate of drug-likeness (QED) is 0.134. The summed E-state index contributed by atoms with van der Waals surface area (Å²) in [6.45, 7) is 13.6. The zero-order valence-electron chi connectivity index (χ0n) is 27.7. The molecule has 3 aromatic rings. The number of aromatic nitrogens is 4. The number of anilines is 2. The van der Waals surface area contributed by atoms with Gasteiger partial charge in [-0.25, -0.2) is 19.2 Å². The molecule has 1 amide bonds. The van der Waals surface area contributed by atoms with E-state index in [-0.39, 0.29) is 35.3 Å². The van der Waals surface area contributed by atoms with Gasteiger partial charge in [0.15, 0.2) is 0 Å². The fourth-order valence-electron chi connectivity index (χ4n) is 5.74. The van der Waals surface area contributed by atoms with Crippen molar-refractivity contribution in [1.29, 1.82) is 0 Å². The number of likely N-dealkylation sites (tertiary alicyclic amines) is 2. The number of nitrogens with zero attached hydrogens (tertiary/aromatic N) is 6. The summed E-state index contributed by atoms with van der Waals surface area (Å²) in [5.74, 6) is -0.833. The van der Waals surface area contributed by atoms with Gasteiger partial charge in [-0.15, -0.1) is 0 Å². The molecule has 1 aromatic carbocycles. The maximum absolute atomic E-state index is 15.0. The number of hydrogen-bond donors (Lipinski definition) is 3. The molecule has 48 heavy (non-hydrogen) atoms. The predicted molar refractivity (Wildman–Crippen MR) is 174 cm³/mol. The minimum Gasteiger partial charge on any atom is -0.444 e. The molecule has 2 aliphatic rings. The van der Waals surface area contributed by atoms with Crippen molar-refractivity contribution in [1.82, 2.24) is 34.3 Å². The van der Waals surface area contributed by atoms with Gasteiger partial charge in [0.1, 0.15) is 17.0 Å². The summed E-state index contributed by atoms with van der Waals surface area (Å²) in [4.78, 5) is 24.9. The Bertz CT molecular complexity index is 1590. The Morgan fingerprint density at radius 3 is 2.44 bits per heavy atom. The highest BCUT2D eigenvalue weighted by molar-refractivity contribution is 7.97. The number of aliphatic hydroxyl groups is 1. The highest BCUT2D eigenvalue weighted by Gasteiger charge is 2.47. The summed E-state index contributed by atoms with van der Waals surface area (Å²) in [5.41, 5.74) is -2.85. The van der Waals surface area contributed by atoms with Crippen LogP contribution < -0.4 is 10.0 Å². The van der Waals surface area contributed by atoms with E-state index in [1.54, 1.807) is 24.8 Å². The van der Waals surface area contributed by atoms with Gasteiger partial charge in [0.2, 0.25) is 5.95 Å². The van der Waals surface area contributed by atoms with Crippen LogP contribution in [0.3, 0.4) is 0 Å². The molecule has 3 N–H and O–H groups in total. The van der Waals surface area contributed by atoms with Crippen LogP contribution in [0.1, 0.15) is 53.0 Å². The van der Waals surface area contributed by atoms with Gasteiger partial charge in [0.25, 0.3) is 0 Å². The maximum atomic E-state index is 15.0. The molecule has 1 spiro atoms. The molecule has 2 aromatic heterocycles. The monoisotopic (exact) mass is 694 g/mol. The molecule has 4 heterocycles. The van der Waals surface area contributed by atoms with E-state index >= 15 is 4.39 Å². The Morgan fingerprint density at radius 2 is 1.81 bits per heavy atom. The number of piperidine rings is 1. The Kier molecular flexibility index (Phi) is 10.3. The number of hydrogen-bond acceptors (Lipinski definition) is 10.